The van der Waals surface area contributed by atoms with E-state index in [0.717, 1.165) is 0 Å². The molecule has 1 amide bonds. The Balaban J connectivity index is 1.75. The second-order valence-electron chi connectivity index (χ2n) is 8.73. The lowest BCUT2D eigenvalue weighted by molar-refractivity contribution is -0.384. The Morgan fingerprint density at radius 1 is 1.16 bits per heavy atom. The summed E-state index contributed by atoms with van der Waals surface area (Å²) in [6.07, 6.45) is 0.392. The quantitative estimate of drug-likeness (QED) is 0.124. The third-order valence-electron chi connectivity index (χ3n) is 6.42. The number of rotatable bonds is 9. The van der Waals surface area contributed by atoms with Crippen LogP contribution in [0, 0.1) is 10.1 Å². The number of carbonyl (C=O) groups is 2. The molecule has 0 radical (unpaired) electrons. The minimum absolute atomic E-state index is 0.00574. The molecule has 38 heavy (non-hydrogen) atoms. The van der Waals surface area contributed by atoms with Crippen LogP contribution < -0.4 is 0 Å². The van der Waals surface area contributed by atoms with E-state index in [1.165, 1.54) is 64.8 Å². The molecule has 1 N–H and O–H groups in total. The summed E-state index contributed by atoms with van der Waals surface area (Å²) < 4.78 is 37.4. The van der Waals surface area contributed by atoms with Crippen molar-refractivity contribution in [1.29, 1.82) is 0 Å². The van der Waals surface area contributed by atoms with Gasteiger partial charge in [0.25, 0.3) is 17.4 Å². The predicted octanol–water partition coefficient (Wildman–Crippen LogP) is 2.07. The number of aliphatic hydroxyl groups excluding tert-OH is 1. The summed E-state index contributed by atoms with van der Waals surface area (Å²) in [4.78, 5) is 38.1. The minimum Gasteiger partial charge on any atom is -0.507 e. The lowest BCUT2D eigenvalue weighted by Crippen LogP contribution is -2.40. The zero-order valence-corrected chi connectivity index (χ0v) is 21.4. The number of hydrogen-bond donors (Lipinski definition) is 1. The van der Waals surface area contributed by atoms with Gasteiger partial charge in [-0.3, -0.25) is 19.7 Å². The van der Waals surface area contributed by atoms with Crippen molar-refractivity contribution in [3.8, 4) is 0 Å². The summed E-state index contributed by atoms with van der Waals surface area (Å²) in [6, 6.07) is 9.78. The highest BCUT2D eigenvalue weighted by molar-refractivity contribution is 7.89. The zero-order chi connectivity index (χ0) is 27.4. The highest BCUT2D eigenvalue weighted by Crippen LogP contribution is 2.40. The first-order valence-corrected chi connectivity index (χ1v) is 13.3. The molecule has 4 rings (SSSR count). The van der Waals surface area contributed by atoms with Crippen molar-refractivity contribution in [2.75, 3.05) is 46.6 Å². The van der Waals surface area contributed by atoms with Crippen molar-refractivity contribution < 1.29 is 37.5 Å². The second kappa shape index (κ2) is 11.4. The standard InChI is InChI=1S/C25H27N3O9S/c1-36-13-3-10-27-22(18-4-2-5-19(16-18)28(32)33)21(24(30)25(27)31)23(29)17-6-8-20(9-7-17)38(34,35)26-11-14-37-15-12-26/h2,4-9,16,22,29H,3,10-15H2,1H3/b23-21-. The van der Waals surface area contributed by atoms with Crippen molar-refractivity contribution in [2.45, 2.75) is 17.4 Å². The summed E-state index contributed by atoms with van der Waals surface area (Å²) in [5.41, 5.74) is -0.0699. The van der Waals surface area contributed by atoms with Crippen LogP contribution in [0.15, 0.2) is 59.0 Å². The molecule has 2 aromatic carbocycles. The fourth-order valence-electron chi connectivity index (χ4n) is 4.52. The van der Waals surface area contributed by atoms with Crippen LogP contribution in [0.1, 0.15) is 23.6 Å². The molecule has 2 aliphatic rings. The smallest absolute Gasteiger partial charge is 0.295 e. The number of carbonyl (C=O) groups excluding carboxylic acids is 2. The summed E-state index contributed by atoms with van der Waals surface area (Å²) in [7, 11) is -2.29. The van der Waals surface area contributed by atoms with Gasteiger partial charge in [-0.15, -0.1) is 0 Å². The topological polar surface area (TPSA) is 157 Å². The van der Waals surface area contributed by atoms with E-state index in [2.05, 4.69) is 0 Å². The van der Waals surface area contributed by atoms with E-state index in [1.807, 2.05) is 0 Å². The van der Waals surface area contributed by atoms with Crippen LogP contribution >= 0.6 is 0 Å². The Labute approximate surface area is 219 Å². The van der Waals surface area contributed by atoms with Gasteiger partial charge in [0.1, 0.15) is 5.76 Å². The minimum atomic E-state index is -3.78. The largest absolute Gasteiger partial charge is 0.507 e. The molecule has 2 aromatic rings. The van der Waals surface area contributed by atoms with E-state index in [-0.39, 0.29) is 46.9 Å². The molecule has 13 heteroatoms. The van der Waals surface area contributed by atoms with Crippen molar-refractivity contribution in [1.82, 2.24) is 9.21 Å². The van der Waals surface area contributed by atoms with Gasteiger partial charge in [-0.2, -0.15) is 4.31 Å². The number of morpholine rings is 1. The number of ketones is 1. The number of ether oxygens (including phenoxy) is 2. The number of aliphatic hydroxyl groups is 1. The molecular formula is C25H27N3O9S. The van der Waals surface area contributed by atoms with E-state index in [4.69, 9.17) is 9.47 Å². The molecule has 2 heterocycles. The number of nitro groups is 1. The number of amides is 1. The molecule has 2 saturated heterocycles. The van der Waals surface area contributed by atoms with Crippen LogP contribution in [0.3, 0.4) is 0 Å². The number of methoxy groups -OCH3 is 1. The van der Waals surface area contributed by atoms with E-state index in [9.17, 15) is 33.2 Å². The Kier molecular flexibility index (Phi) is 8.21. The molecule has 0 aliphatic carbocycles. The highest BCUT2D eigenvalue weighted by Gasteiger charge is 2.46. The molecule has 0 saturated carbocycles. The molecule has 2 fully saturated rings. The van der Waals surface area contributed by atoms with Gasteiger partial charge < -0.3 is 19.5 Å². The van der Waals surface area contributed by atoms with Crippen LogP contribution in [-0.2, 0) is 29.1 Å². The number of likely N-dealkylation sites (tertiary alicyclic amines) is 1. The molecule has 0 aromatic heterocycles. The molecule has 0 spiro atoms. The number of sulfonamides is 1. The number of Topliss-reactive ketones (excluding diaryl/α,β-unsaturated/α-hetero) is 1. The van der Waals surface area contributed by atoms with Gasteiger partial charge in [0.05, 0.1) is 34.6 Å². The normalized spacial score (nSPS) is 20.1. The van der Waals surface area contributed by atoms with E-state index < -0.39 is 38.4 Å². The average Bonchev–Trinajstić information content (AvgIpc) is 3.18. The highest BCUT2D eigenvalue weighted by atomic mass is 32.2. The van der Waals surface area contributed by atoms with Crippen LogP contribution in [0.4, 0.5) is 5.69 Å². The van der Waals surface area contributed by atoms with Crippen molar-refractivity contribution in [3.05, 3.63) is 75.3 Å². The van der Waals surface area contributed by atoms with Crippen molar-refractivity contribution in [2.24, 2.45) is 0 Å². The van der Waals surface area contributed by atoms with Crippen LogP contribution in [-0.4, -0.2) is 85.9 Å². The van der Waals surface area contributed by atoms with Crippen LogP contribution in [0.5, 0.6) is 0 Å². The van der Waals surface area contributed by atoms with Gasteiger partial charge in [-0.05, 0) is 36.2 Å². The number of hydrogen-bond acceptors (Lipinski definition) is 9. The first-order valence-electron chi connectivity index (χ1n) is 11.9. The van der Waals surface area contributed by atoms with Gasteiger partial charge in [-0.1, -0.05) is 12.1 Å². The van der Waals surface area contributed by atoms with Gasteiger partial charge in [0.15, 0.2) is 0 Å². The van der Waals surface area contributed by atoms with Crippen molar-refractivity contribution >= 4 is 33.2 Å². The Morgan fingerprint density at radius 2 is 1.84 bits per heavy atom. The van der Waals surface area contributed by atoms with E-state index >= 15 is 0 Å². The summed E-state index contributed by atoms with van der Waals surface area (Å²) in [5.74, 6) is -2.31. The number of nitro benzene ring substituents is 1. The molecule has 0 bridgehead atoms. The lowest BCUT2D eigenvalue weighted by atomic mass is 9.95. The second-order valence-corrected chi connectivity index (χ2v) is 10.7. The molecule has 1 atom stereocenters. The van der Waals surface area contributed by atoms with E-state index in [1.54, 1.807) is 0 Å². The maximum absolute atomic E-state index is 13.1. The van der Waals surface area contributed by atoms with Gasteiger partial charge in [0.2, 0.25) is 10.0 Å². The number of benzene rings is 2. The van der Waals surface area contributed by atoms with Crippen LogP contribution in [0.2, 0.25) is 0 Å². The monoisotopic (exact) mass is 545 g/mol. The Bertz CT molecular complexity index is 1370. The maximum Gasteiger partial charge on any atom is 0.295 e. The first kappa shape index (κ1) is 27.4. The number of non-ortho nitro benzene ring substituents is 1. The summed E-state index contributed by atoms with van der Waals surface area (Å²) >= 11 is 0. The van der Waals surface area contributed by atoms with Gasteiger partial charge in [0, 0.05) is 51.0 Å². The Morgan fingerprint density at radius 3 is 2.47 bits per heavy atom. The van der Waals surface area contributed by atoms with E-state index in [0.29, 0.717) is 26.2 Å². The van der Waals surface area contributed by atoms with Gasteiger partial charge >= 0.3 is 0 Å². The van der Waals surface area contributed by atoms with Gasteiger partial charge in [-0.25, -0.2) is 8.42 Å². The molecular weight excluding hydrogens is 518 g/mol. The lowest BCUT2D eigenvalue weighted by Gasteiger charge is -2.26. The number of nitrogens with zero attached hydrogens (tertiary/aromatic N) is 3. The molecule has 1 unspecified atom stereocenters. The van der Waals surface area contributed by atoms with Crippen molar-refractivity contribution in [3.63, 3.8) is 0 Å². The fraction of sp³-hybridized carbons (Fsp3) is 0.360. The first-order chi connectivity index (χ1) is 18.2. The molecule has 2 aliphatic heterocycles. The summed E-state index contributed by atoms with van der Waals surface area (Å²) in [5, 5.41) is 22.6. The third kappa shape index (κ3) is 5.31. The SMILES string of the molecule is COCCCN1C(=O)C(=O)/C(=C(\O)c2ccc(S(=O)(=O)N3CCOCC3)cc2)C1c1cccc([N+](=O)[O-])c1. The molecule has 12 nitrogen and oxygen atoms in total. The summed E-state index contributed by atoms with van der Waals surface area (Å²) in [6.45, 7) is 1.45. The average molecular weight is 546 g/mol. The zero-order valence-electron chi connectivity index (χ0n) is 20.6. The Hall–Kier alpha value is -3.65. The predicted molar refractivity (Wildman–Crippen MR) is 135 cm³/mol. The van der Waals surface area contributed by atoms with Crippen LogP contribution in [0.25, 0.3) is 5.76 Å². The maximum atomic E-state index is 13.1. The third-order valence-corrected chi connectivity index (χ3v) is 8.33. The fourth-order valence-corrected chi connectivity index (χ4v) is 5.93. The molecule has 202 valence electrons.